The van der Waals surface area contributed by atoms with Crippen molar-refractivity contribution in [2.75, 3.05) is 53.0 Å². The average Bonchev–Trinajstić information content (AvgIpc) is 3.08. The number of para-hydroxylation sites is 1. The lowest BCUT2D eigenvalue weighted by Crippen LogP contribution is -2.42. The number of fused-ring (bicyclic) bond motifs is 1. The van der Waals surface area contributed by atoms with Crippen molar-refractivity contribution < 1.29 is 9.47 Å². The molecule has 2 aliphatic heterocycles. The van der Waals surface area contributed by atoms with Crippen molar-refractivity contribution >= 4 is 29.9 Å². The van der Waals surface area contributed by atoms with Crippen LogP contribution in [0, 0.1) is 0 Å². The number of morpholine rings is 1. The molecule has 3 rings (SSSR count). The van der Waals surface area contributed by atoms with E-state index in [-0.39, 0.29) is 30.1 Å². The van der Waals surface area contributed by atoms with Crippen molar-refractivity contribution in [3.8, 4) is 5.75 Å². The van der Waals surface area contributed by atoms with E-state index in [0.29, 0.717) is 0 Å². The van der Waals surface area contributed by atoms with Crippen molar-refractivity contribution in [2.24, 2.45) is 4.99 Å². The third-order valence-corrected chi connectivity index (χ3v) is 4.73. The summed E-state index contributed by atoms with van der Waals surface area (Å²) < 4.78 is 11.3. The molecule has 2 aliphatic rings. The van der Waals surface area contributed by atoms with Crippen molar-refractivity contribution in [1.82, 2.24) is 15.5 Å². The Hall–Kier alpha value is -1.06. The number of ether oxygens (including phenoxy) is 2. The van der Waals surface area contributed by atoms with Crippen LogP contribution in [0.15, 0.2) is 29.3 Å². The minimum atomic E-state index is 0. The zero-order chi connectivity index (χ0) is 17.3. The fourth-order valence-electron chi connectivity index (χ4n) is 3.29. The van der Waals surface area contributed by atoms with Gasteiger partial charge in [-0.2, -0.15) is 0 Å². The molecular formula is C19H31IN4O2. The normalized spacial score (nSPS) is 20.0. The van der Waals surface area contributed by atoms with Crippen LogP contribution in [-0.2, 0) is 11.2 Å². The van der Waals surface area contributed by atoms with Gasteiger partial charge in [0.2, 0.25) is 0 Å². The van der Waals surface area contributed by atoms with E-state index in [4.69, 9.17) is 9.47 Å². The lowest BCUT2D eigenvalue weighted by molar-refractivity contribution is 0.0372. The van der Waals surface area contributed by atoms with Crippen LogP contribution < -0.4 is 15.4 Å². The summed E-state index contributed by atoms with van der Waals surface area (Å²) >= 11 is 0. The highest BCUT2D eigenvalue weighted by atomic mass is 127. The Morgan fingerprint density at radius 3 is 2.77 bits per heavy atom. The van der Waals surface area contributed by atoms with Gasteiger partial charge >= 0.3 is 0 Å². The van der Waals surface area contributed by atoms with Gasteiger partial charge in [0.05, 0.1) is 19.8 Å². The zero-order valence-electron chi connectivity index (χ0n) is 15.6. The van der Waals surface area contributed by atoms with Crippen LogP contribution in [-0.4, -0.2) is 69.9 Å². The summed E-state index contributed by atoms with van der Waals surface area (Å²) in [7, 11) is 1.81. The highest BCUT2D eigenvalue weighted by Crippen LogP contribution is 2.27. The molecule has 0 aliphatic carbocycles. The fourth-order valence-corrected chi connectivity index (χ4v) is 3.29. The van der Waals surface area contributed by atoms with E-state index >= 15 is 0 Å². The summed E-state index contributed by atoms with van der Waals surface area (Å²) in [5.41, 5.74) is 1.29. The first kappa shape index (κ1) is 21.2. The predicted octanol–water partition coefficient (Wildman–Crippen LogP) is 1.89. The second-order valence-electron chi connectivity index (χ2n) is 6.59. The predicted molar refractivity (Wildman–Crippen MR) is 116 cm³/mol. The molecule has 7 heteroatoms. The number of rotatable bonds is 7. The summed E-state index contributed by atoms with van der Waals surface area (Å²) in [6.07, 6.45) is 3.48. The number of guanidine groups is 1. The number of aliphatic imine (C=N–C) groups is 1. The fraction of sp³-hybridized carbons (Fsp3) is 0.632. The molecule has 1 aromatic carbocycles. The van der Waals surface area contributed by atoms with Crippen molar-refractivity contribution in [1.29, 1.82) is 0 Å². The Labute approximate surface area is 173 Å². The highest BCUT2D eigenvalue weighted by Gasteiger charge is 2.22. The van der Waals surface area contributed by atoms with Crippen LogP contribution in [0.2, 0.25) is 0 Å². The van der Waals surface area contributed by atoms with E-state index < -0.39 is 0 Å². The number of hydrogen-bond donors (Lipinski definition) is 2. The highest BCUT2D eigenvalue weighted by molar-refractivity contribution is 14.0. The Morgan fingerprint density at radius 2 is 2.00 bits per heavy atom. The molecule has 1 saturated heterocycles. The largest absolute Gasteiger partial charge is 0.488 e. The molecule has 1 atom stereocenters. The lowest BCUT2D eigenvalue weighted by Gasteiger charge is -2.26. The van der Waals surface area contributed by atoms with Crippen LogP contribution in [0.3, 0.4) is 0 Å². The summed E-state index contributed by atoms with van der Waals surface area (Å²) in [4.78, 5) is 6.78. The monoisotopic (exact) mass is 474 g/mol. The van der Waals surface area contributed by atoms with Gasteiger partial charge < -0.3 is 20.1 Å². The molecule has 0 aromatic heterocycles. The summed E-state index contributed by atoms with van der Waals surface area (Å²) in [5, 5.41) is 6.77. The van der Waals surface area contributed by atoms with E-state index in [1.165, 1.54) is 12.0 Å². The van der Waals surface area contributed by atoms with E-state index in [1.54, 1.807) is 0 Å². The number of halogens is 1. The van der Waals surface area contributed by atoms with Gasteiger partial charge in [-0.1, -0.05) is 18.2 Å². The lowest BCUT2D eigenvalue weighted by atomic mass is 10.1. The van der Waals surface area contributed by atoms with Crippen molar-refractivity contribution in [3.05, 3.63) is 29.8 Å². The Kier molecular flexibility index (Phi) is 9.49. The second kappa shape index (κ2) is 11.6. The van der Waals surface area contributed by atoms with E-state index in [1.807, 2.05) is 19.2 Å². The van der Waals surface area contributed by atoms with Gasteiger partial charge in [0, 0.05) is 33.1 Å². The standard InChI is InChI=1S/C19H30N4O2.HI/c1-20-19(21-8-4-5-9-23-10-12-24-13-11-23)22-15-17-14-16-6-2-3-7-18(16)25-17;/h2-3,6-7,17H,4-5,8-15H2,1H3,(H2,20,21,22);1H. The van der Waals surface area contributed by atoms with Gasteiger partial charge in [0.25, 0.3) is 0 Å². The smallest absolute Gasteiger partial charge is 0.191 e. The van der Waals surface area contributed by atoms with Crippen molar-refractivity contribution in [3.63, 3.8) is 0 Å². The molecule has 1 aromatic rings. The molecule has 6 nitrogen and oxygen atoms in total. The quantitative estimate of drug-likeness (QED) is 0.274. The molecule has 0 saturated carbocycles. The third kappa shape index (κ3) is 6.59. The average molecular weight is 474 g/mol. The Balaban J connectivity index is 0.00000243. The SMILES string of the molecule is CN=C(NCCCCN1CCOCC1)NCC1Cc2ccccc2O1.I. The van der Waals surface area contributed by atoms with E-state index in [2.05, 4.69) is 32.7 Å². The Morgan fingerprint density at radius 1 is 1.19 bits per heavy atom. The van der Waals surface area contributed by atoms with Gasteiger partial charge in [-0.05, 0) is 31.0 Å². The first-order valence-corrected chi connectivity index (χ1v) is 9.34. The minimum absolute atomic E-state index is 0. The molecule has 26 heavy (non-hydrogen) atoms. The van der Waals surface area contributed by atoms with Crippen LogP contribution >= 0.6 is 24.0 Å². The first-order valence-electron chi connectivity index (χ1n) is 9.34. The van der Waals surface area contributed by atoms with Crippen LogP contribution in [0.5, 0.6) is 5.75 Å². The van der Waals surface area contributed by atoms with Gasteiger partial charge in [0.1, 0.15) is 11.9 Å². The van der Waals surface area contributed by atoms with Gasteiger partial charge in [0.15, 0.2) is 5.96 Å². The number of nitrogens with zero attached hydrogens (tertiary/aromatic N) is 2. The minimum Gasteiger partial charge on any atom is -0.488 e. The molecule has 0 bridgehead atoms. The maximum Gasteiger partial charge on any atom is 0.191 e. The molecule has 0 spiro atoms. The van der Waals surface area contributed by atoms with Gasteiger partial charge in [-0.25, -0.2) is 0 Å². The maximum absolute atomic E-state index is 5.95. The van der Waals surface area contributed by atoms with Crippen LogP contribution in [0.4, 0.5) is 0 Å². The number of hydrogen-bond acceptors (Lipinski definition) is 4. The van der Waals surface area contributed by atoms with Gasteiger partial charge in [-0.3, -0.25) is 9.89 Å². The zero-order valence-corrected chi connectivity index (χ0v) is 17.9. The second-order valence-corrected chi connectivity index (χ2v) is 6.59. The first-order chi connectivity index (χ1) is 12.3. The molecule has 1 unspecified atom stereocenters. The van der Waals surface area contributed by atoms with Gasteiger partial charge in [-0.15, -0.1) is 24.0 Å². The van der Waals surface area contributed by atoms with E-state index in [0.717, 1.165) is 70.5 Å². The summed E-state index contributed by atoms with van der Waals surface area (Å²) in [5.74, 6) is 1.87. The van der Waals surface area contributed by atoms with Crippen LogP contribution in [0.1, 0.15) is 18.4 Å². The number of unbranched alkanes of at least 4 members (excludes halogenated alkanes) is 1. The summed E-state index contributed by atoms with van der Waals surface area (Å²) in [6, 6.07) is 8.26. The topological polar surface area (TPSA) is 58.1 Å². The molecule has 0 amide bonds. The third-order valence-electron chi connectivity index (χ3n) is 4.73. The van der Waals surface area contributed by atoms with Crippen molar-refractivity contribution in [2.45, 2.75) is 25.4 Å². The Bertz CT molecular complexity index is 539. The molecule has 146 valence electrons. The molecule has 2 N–H and O–H groups in total. The molecule has 1 fully saturated rings. The molecule has 2 heterocycles. The summed E-state index contributed by atoms with van der Waals surface area (Å²) in [6.45, 7) is 6.76. The number of benzene rings is 1. The number of nitrogens with one attached hydrogen (secondary N) is 2. The molecular weight excluding hydrogens is 443 g/mol. The van der Waals surface area contributed by atoms with Crippen LogP contribution in [0.25, 0.3) is 0 Å². The molecule has 0 radical (unpaired) electrons. The van der Waals surface area contributed by atoms with E-state index in [9.17, 15) is 0 Å². The maximum atomic E-state index is 5.95.